The van der Waals surface area contributed by atoms with Gasteiger partial charge in [0.2, 0.25) is 0 Å². The van der Waals surface area contributed by atoms with Crippen molar-refractivity contribution in [3.05, 3.63) is 30.6 Å². The summed E-state index contributed by atoms with van der Waals surface area (Å²) in [5, 5.41) is 3.39. The Balaban J connectivity index is 1.80. The quantitative estimate of drug-likeness (QED) is 0.747. The summed E-state index contributed by atoms with van der Waals surface area (Å²) in [7, 11) is 0. The van der Waals surface area contributed by atoms with E-state index in [-0.39, 0.29) is 0 Å². The maximum atomic E-state index is 5.43. The lowest BCUT2D eigenvalue weighted by molar-refractivity contribution is 0.134. The van der Waals surface area contributed by atoms with Crippen LogP contribution in [0.3, 0.4) is 0 Å². The summed E-state index contributed by atoms with van der Waals surface area (Å²) in [6, 6.07) is 6.06. The molecule has 0 aliphatic heterocycles. The highest BCUT2D eigenvalue weighted by Crippen LogP contribution is 2.10. The molecule has 0 amide bonds. The molecule has 2 aromatic rings. The zero-order valence-electron chi connectivity index (χ0n) is 10.2. The fourth-order valence-electron chi connectivity index (χ4n) is 1.73. The summed E-state index contributed by atoms with van der Waals surface area (Å²) >= 11 is 0. The van der Waals surface area contributed by atoms with Crippen molar-refractivity contribution in [1.82, 2.24) is 9.38 Å². The Labute approximate surface area is 102 Å². The second kappa shape index (κ2) is 6.25. The highest BCUT2D eigenvalue weighted by atomic mass is 16.5. The summed E-state index contributed by atoms with van der Waals surface area (Å²) in [5.74, 6) is 1.08. The van der Waals surface area contributed by atoms with Gasteiger partial charge < -0.3 is 10.1 Å². The van der Waals surface area contributed by atoms with Crippen LogP contribution in [0.15, 0.2) is 30.6 Å². The van der Waals surface area contributed by atoms with Crippen LogP contribution in [0.5, 0.6) is 0 Å². The summed E-state index contributed by atoms with van der Waals surface area (Å²) in [5.41, 5.74) is 0.970. The number of nitrogens with one attached hydrogen (secondary N) is 1. The third-order valence-electron chi connectivity index (χ3n) is 2.55. The van der Waals surface area contributed by atoms with E-state index in [1.54, 1.807) is 0 Å². The Morgan fingerprint density at radius 3 is 3.18 bits per heavy atom. The molecule has 0 aliphatic carbocycles. The molecule has 0 aliphatic rings. The van der Waals surface area contributed by atoms with Crippen LogP contribution < -0.4 is 5.32 Å². The van der Waals surface area contributed by atoms with Gasteiger partial charge >= 0.3 is 0 Å². The number of fused-ring (bicyclic) bond motifs is 1. The van der Waals surface area contributed by atoms with Gasteiger partial charge in [0.1, 0.15) is 11.5 Å². The molecule has 2 aromatic heterocycles. The molecule has 2 rings (SSSR count). The average Bonchev–Trinajstić information content (AvgIpc) is 2.82. The first-order valence-corrected chi connectivity index (χ1v) is 6.15. The van der Waals surface area contributed by atoms with E-state index in [1.165, 1.54) is 0 Å². The number of rotatable bonds is 7. The van der Waals surface area contributed by atoms with E-state index in [0.29, 0.717) is 0 Å². The topological polar surface area (TPSA) is 38.6 Å². The van der Waals surface area contributed by atoms with Gasteiger partial charge in [0.15, 0.2) is 0 Å². The molecule has 0 fully saturated rings. The van der Waals surface area contributed by atoms with Crippen LogP contribution in [0.25, 0.3) is 5.65 Å². The van der Waals surface area contributed by atoms with Gasteiger partial charge in [0.25, 0.3) is 0 Å². The number of hydrogen-bond donors (Lipinski definition) is 1. The van der Waals surface area contributed by atoms with Gasteiger partial charge in [-0.3, -0.25) is 4.40 Å². The Morgan fingerprint density at radius 1 is 1.35 bits per heavy atom. The highest BCUT2D eigenvalue weighted by Gasteiger charge is 1.98. The predicted octanol–water partition coefficient (Wildman–Crippen LogP) is 2.56. The maximum absolute atomic E-state index is 5.43. The minimum atomic E-state index is 0.820. The van der Waals surface area contributed by atoms with Crippen molar-refractivity contribution in [3.63, 3.8) is 0 Å². The van der Waals surface area contributed by atoms with Crippen LogP contribution >= 0.6 is 0 Å². The fraction of sp³-hybridized carbons (Fsp3) is 0.462. The van der Waals surface area contributed by atoms with Crippen LogP contribution in [0.2, 0.25) is 0 Å². The van der Waals surface area contributed by atoms with E-state index in [0.717, 1.165) is 44.1 Å². The monoisotopic (exact) mass is 233 g/mol. The van der Waals surface area contributed by atoms with E-state index >= 15 is 0 Å². The minimum Gasteiger partial charge on any atom is -0.381 e. The third kappa shape index (κ3) is 3.20. The van der Waals surface area contributed by atoms with E-state index in [1.807, 2.05) is 28.9 Å². The summed E-state index contributed by atoms with van der Waals surface area (Å²) in [6.45, 7) is 4.72. The number of nitrogens with zero attached hydrogens (tertiary/aromatic N) is 2. The Morgan fingerprint density at radius 2 is 2.29 bits per heavy atom. The van der Waals surface area contributed by atoms with Crippen molar-refractivity contribution in [2.24, 2.45) is 0 Å². The summed E-state index contributed by atoms with van der Waals surface area (Å²) in [4.78, 5) is 4.25. The second-order valence-corrected chi connectivity index (χ2v) is 3.96. The second-order valence-electron chi connectivity index (χ2n) is 3.96. The molecule has 4 nitrogen and oxygen atoms in total. The number of anilines is 1. The molecule has 0 saturated carbocycles. The molecule has 1 N–H and O–H groups in total. The lowest BCUT2D eigenvalue weighted by Gasteiger charge is -2.08. The largest absolute Gasteiger partial charge is 0.381 e. The standard InChI is InChI=1S/C13H19N3O/c1-2-10-17-11-4-7-14-12-5-3-6-13-15-8-9-16(12)13/h3,5-6,8-9,14H,2,4,7,10-11H2,1H3. The van der Waals surface area contributed by atoms with Crippen LogP contribution in [-0.2, 0) is 4.74 Å². The first-order chi connectivity index (χ1) is 8.42. The molecule has 0 unspecified atom stereocenters. The van der Waals surface area contributed by atoms with E-state index in [2.05, 4.69) is 23.3 Å². The predicted molar refractivity (Wildman–Crippen MR) is 69.4 cm³/mol. The number of aromatic nitrogens is 2. The Kier molecular flexibility index (Phi) is 4.38. The molecule has 0 aromatic carbocycles. The van der Waals surface area contributed by atoms with Crippen LogP contribution in [0.1, 0.15) is 19.8 Å². The number of hydrogen-bond acceptors (Lipinski definition) is 3. The molecular formula is C13H19N3O. The van der Waals surface area contributed by atoms with Gasteiger partial charge in [-0.1, -0.05) is 13.0 Å². The summed E-state index contributed by atoms with van der Waals surface area (Å²) in [6.07, 6.45) is 5.88. The van der Waals surface area contributed by atoms with Crippen molar-refractivity contribution in [1.29, 1.82) is 0 Å². The van der Waals surface area contributed by atoms with Crippen molar-refractivity contribution >= 4 is 11.5 Å². The smallest absolute Gasteiger partial charge is 0.138 e. The summed E-state index contributed by atoms with van der Waals surface area (Å²) < 4.78 is 7.48. The fourth-order valence-corrected chi connectivity index (χ4v) is 1.73. The molecule has 0 spiro atoms. The van der Waals surface area contributed by atoms with E-state index in [4.69, 9.17) is 4.74 Å². The molecule has 17 heavy (non-hydrogen) atoms. The van der Waals surface area contributed by atoms with E-state index in [9.17, 15) is 0 Å². The van der Waals surface area contributed by atoms with Gasteiger partial charge in [-0.25, -0.2) is 4.98 Å². The SMILES string of the molecule is CCCOCCCNc1cccc2nccn12. The average molecular weight is 233 g/mol. The van der Waals surface area contributed by atoms with Crippen molar-refractivity contribution in [3.8, 4) is 0 Å². The maximum Gasteiger partial charge on any atom is 0.138 e. The van der Waals surface area contributed by atoms with Gasteiger partial charge in [-0.2, -0.15) is 0 Å². The van der Waals surface area contributed by atoms with Crippen molar-refractivity contribution < 1.29 is 4.74 Å². The lowest BCUT2D eigenvalue weighted by Crippen LogP contribution is -2.08. The molecule has 0 radical (unpaired) electrons. The zero-order chi connectivity index (χ0) is 11.9. The normalized spacial score (nSPS) is 10.9. The van der Waals surface area contributed by atoms with Gasteiger partial charge in [-0.15, -0.1) is 0 Å². The first kappa shape index (κ1) is 11.9. The Hall–Kier alpha value is -1.55. The lowest BCUT2D eigenvalue weighted by atomic mass is 10.4. The molecule has 0 bridgehead atoms. The van der Waals surface area contributed by atoms with Crippen molar-refractivity contribution in [2.45, 2.75) is 19.8 Å². The zero-order valence-corrected chi connectivity index (χ0v) is 10.2. The molecule has 4 heteroatoms. The molecule has 0 atom stereocenters. The van der Waals surface area contributed by atoms with Gasteiger partial charge in [0.05, 0.1) is 0 Å². The highest BCUT2D eigenvalue weighted by molar-refractivity contribution is 5.49. The molecule has 2 heterocycles. The molecule has 92 valence electrons. The number of imidazole rings is 1. The number of ether oxygens (including phenoxy) is 1. The Bertz CT molecular complexity index is 453. The van der Waals surface area contributed by atoms with E-state index < -0.39 is 0 Å². The molecular weight excluding hydrogens is 214 g/mol. The van der Waals surface area contributed by atoms with Crippen LogP contribution in [0, 0.1) is 0 Å². The third-order valence-corrected chi connectivity index (χ3v) is 2.55. The minimum absolute atomic E-state index is 0.820. The first-order valence-electron chi connectivity index (χ1n) is 6.15. The van der Waals surface area contributed by atoms with Crippen LogP contribution in [-0.4, -0.2) is 29.1 Å². The molecule has 0 saturated heterocycles. The van der Waals surface area contributed by atoms with Gasteiger partial charge in [0, 0.05) is 32.2 Å². The van der Waals surface area contributed by atoms with Gasteiger partial charge in [-0.05, 0) is 25.0 Å². The van der Waals surface area contributed by atoms with Crippen LogP contribution in [0.4, 0.5) is 5.82 Å². The van der Waals surface area contributed by atoms with Crippen molar-refractivity contribution in [2.75, 3.05) is 25.1 Å². The number of pyridine rings is 1.